The Balaban J connectivity index is 2.22. The molecule has 1 amide bonds. The molecule has 0 unspecified atom stereocenters. The molecule has 0 aliphatic heterocycles. The van der Waals surface area contributed by atoms with Gasteiger partial charge in [-0.3, -0.25) is 4.79 Å². The second-order valence-electron chi connectivity index (χ2n) is 3.96. The Bertz CT molecular complexity index is 534. The summed E-state index contributed by atoms with van der Waals surface area (Å²) in [7, 11) is 0. The van der Waals surface area contributed by atoms with Gasteiger partial charge in [0, 0.05) is 10.9 Å². The summed E-state index contributed by atoms with van der Waals surface area (Å²) in [6, 6.07) is 3.29. The van der Waals surface area contributed by atoms with E-state index >= 15 is 0 Å². The van der Waals surface area contributed by atoms with E-state index in [1.54, 1.807) is 25.3 Å². The minimum atomic E-state index is -0.286. The van der Waals surface area contributed by atoms with E-state index in [1.807, 2.05) is 6.92 Å². The van der Waals surface area contributed by atoms with Gasteiger partial charge in [-0.05, 0) is 26.0 Å². The van der Waals surface area contributed by atoms with Gasteiger partial charge >= 0.3 is 0 Å². The Labute approximate surface area is 108 Å². The molecule has 0 saturated heterocycles. The fourth-order valence-corrected chi connectivity index (χ4v) is 2.33. The van der Waals surface area contributed by atoms with Crippen molar-refractivity contribution in [2.45, 2.75) is 19.9 Å². The van der Waals surface area contributed by atoms with Crippen LogP contribution in [0.2, 0.25) is 0 Å². The standard InChI is InChI=1S/C12H14N2O3S/c1-7(6-15)13-11(16)10-8(2)18-12(14-10)9-4-3-5-17-9/h3-5,7,15H,6H2,1-2H3,(H,13,16)/t7-/m0/s1. The smallest absolute Gasteiger partial charge is 0.271 e. The maximum atomic E-state index is 11.9. The van der Waals surface area contributed by atoms with Crippen LogP contribution in [0, 0.1) is 6.92 Å². The number of nitrogens with one attached hydrogen (secondary N) is 1. The monoisotopic (exact) mass is 266 g/mol. The predicted molar refractivity (Wildman–Crippen MR) is 68.6 cm³/mol. The molecule has 2 rings (SSSR count). The SMILES string of the molecule is Cc1sc(-c2ccco2)nc1C(=O)N[C@@H](C)CO. The van der Waals surface area contributed by atoms with Crippen LogP contribution < -0.4 is 5.32 Å². The largest absolute Gasteiger partial charge is 0.462 e. The van der Waals surface area contributed by atoms with Gasteiger partial charge in [0.1, 0.15) is 5.69 Å². The van der Waals surface area contributed by atoms with Crippen LogP contribution in [0.4, 0.5) is 0 Å². The van der Waals surface area contributed by atoms with Gasteiger partial charge in [0.15, 0.2) is 10.8 Å². The fourth-order valence-electron chi connectivity index (χ4n) is 1.45. The molecule has 0 spiro atoms. The average molecular weight is 266 g/mol. The number of carbonyl (C=O) groups is 1. The molecule has 2 aromatic rings. The molecule has 1 atom stereocenters. The highest BCUT2D eigenvalue weighted by molar-refractivity contribution is 7.15. The first-order valence-electron chi connectivity index (χ1n) is 5.55. The van der Waals surface area contributed by atoms with Crippen LogP contribution >= 0.6 is 11.3 Å². The zero-order valence-electron chi connectivity index (χ0n) is 10.1. The van der Waals surface area contributed by atoms with Crippen molar-refractivity contribution in [2.75, 3.05) is 6.61 Å². The topological polar surface area (TPSA) is 75.4 Å². The number of amides is 1. The molecule has 2 heterocycles. The number of furan rings is 1. The summed E-state index contributed by atoms with van der Waals surface area (Å²) in [5.74, 6) is 0.375. The van der Waals surface area contributed by atoms with Gasteiger partial charge in [-0.25, -0.2) is 4.98 Å². The summed E-state index contributed by atoms with van der Waals surface area (Å²) in [5.41, 5.74) is 0.381. The molecule has 96 valence electrons. The number of hydrogen-bond donors (Lipinski definition) is 2. The highest BCUT2D eigenvalue weighted by atomic mass is 32.1. The summed E-state index contributed by atoms with van der Waals surface area (Å²) in [5, 5.41) is 12.3. The van der Waals surface area contributed by atoms with Crippen LogP contribution in [0.5, 0.6) is 0 Å². The Morgan fingerprint density at radius 2 is 2.44 bits per heavy atom. The van der Waals surface area contributed by atoms with Gasteiger partial charge < -0.3 is 14.8 Å². The van der Waals surface area contributed by atoms with Crippen LogP contribution in [0.25, 0.3) is 10.8 Å². The van der Waals surface area contributed by atoms with Crippen molar-refractivity contribution in [3.8, 4) is 10.8 Å². The summed E-state index contributed by atoms with van der Waals surface area (Å²) < 4.78 is 5.25. The number of carbonyl (C=O) groups excluding carboxylic acids is 1. The van der Waals surface area contributed by atoms with E-state index in [4.69, 9.17) is 9.52 Å². The molecule has 0 bridgehead atoms. The van der Waals surface area contributed by atoms with E-state index in [-0.39, 0.29) is 18.6 Å². The Hall–Kier alpha value is -1.66. The number of rotatable bonds is 4. The third kappa shape index (κ3) is 2.60. The van der Waals surface area contributed by atoms with Gasteiger partial charge in [-0.2, -0.15) is 0 Å². The third-order valence-electron chi connectivity index (χ3n) is 2.39. The maximum Gasteiger partial charge on any atom is 0.271 e. The number of nitrogens with zero attached hydrogens (tertiary/aromatic N) is 1. The molecule has 5 nitrogen and oxygen atoms in total. The molecule has 0 saturated carbocycles. The lowest BCUT2D eigenvalue weighted by molar-refractivity contribution is 0.0917. The molecule has 0 aliphatic rings. The van der Waals surface area contributed by atoms with E-state index in [1.165, 1.54) is 11.3 Å². The summed E-state index contributed by atoms with van der Waals surface area (Å²) in [4.78, 5) is 17.0. The molecule has 0 aliphatic carbocycles. The minimum absolute atomic E-state index is 0.0973. The van der Waals surface area contributed by atoms with Gasteiger partial charge in [-0.1, -0.05) is 0 Å². The minimum Gasteiger partial charge on any atom is -0.462 e. The van der Waals surface area contributed by atoms with Crippen LogP contribution in [0.1, 0.15) is 22.3 Å². The lowest BCUT2D eigenvalue weighted by atomic mass is 10.3. The van der Waals surface area contributed by atoms with Gasteiger partial charge in [0.2, 0.25) is 0 Å². The van der Waals surface area contributed by atoms with E-state index in [2.05, 4.69) is 10.3 Å². The highest BCUT2D eigenvalue weighted by Gasteiger charge is 2.18. The quantitative estimate of drug-likeness (QED) is 0.885. The van der Waals surface area contributed by atoms with Crippen molar-refractivity contribution in [1.82, 2.24) is 10.3 Å². The maximum absolute atomic E-state index is 11.9. The average Bonchev–Trinajstić information content (AvgIpc) is 2.97. The van der Waals surface area contributed by atoms with Crippen molar-refractivity contribution in [1.29, 1.82) is 0 Å². The van der Waals surface area contributed by atoms with E-state index in [0.717, 1.165) is 4.88 Å². The fraction of sp³-hybridized carbons (Fsp3) is 0.333. The zero-order chi connectivity index (χ0) is 13.1. The van der Waals surface area contributed by atoms with Gasteiger partial charge in [0.25, 0.3) is 5.91 Å². The molecular formula is C12H14N2O3S. The first-order valence-corrected chi connectivity index (χ1v) is 6.36. The summed E-state index contributed by atoms with van der Waals surface area (Å²) >= 11 is 1.41. The number of hydrogen-bond acceptors (Lipinski definition) is 5. The first-order chi connectivity index (χ1) is 8.61. The van der Waals surface area contributed by atoms with E-state index in [0.29, 0.717) is 16.5 Å². The molecule has 0 aromatic carbocycles. The van der Waals surface area contributed by atoms with Crippen molar-refractivity contribution in [2.24, 2.45) is 0 Å². The molecule has 18 heavy (non-hydrogen) atoms. The van der Waals surface area contributed by atoms with Crippen molar-refractivity contribution in [3.63, 3.8) is 0 Å². The highest BCUT2D eigenvalue weighted by Crippen LogP contribution is 2.27. The predicted octanol–water partition coefficient (Wildman–Crippen LogP) is 1.82. The second kappa shape index (κ2) is 5.32. The Kier molecular flexibility index (Phi) is 3.78. The van der Waals surface area contributed by atoms with Crippen LogP contribution in [0.15, 0.2) is 22.8 Å². The number of aliphatic hydroxyl groups is 1. The molecule has 0 radical (unpaired) electrons. The number of thiazole rings is 1. The number of aliphatic hydroxyl groups excluding tert-OH is 1. The van der Waals surface area contributed by atoms with E-state index < -0.39 is 0 Å². The summed E-state index contributed by atoms with van der Waals surface area (Å²) in [6.45, 7) is 3.47. The van der Waals surface area contributed by atoms with Gasteiger partial charge in [-0.15, -0.1) is 11.3 Å². The van der Waals surface area contributed by atoms with Crippen molar-refractivity contribution >= 4 is 17.2 Å². The Morgan fingerprint density at radius 1 is 1.67 bits per heavy atom. The third-order valence-corrected chi connectivity index (χ3v) is 3.38. The molecular weight excluding hydrogens is 252 g/mol. The molecule has 6 heteroatoms. The van der Waals surface area contributed by atoms with Gasteiger partial charge in [0.05, 0.1) is 12.9 Å². The lowest BCUT2D eigenvalue weighted by Crippen LogP contribution is -2.35. The van der Waals surface area contributed by atoms with Crippen molar-refractivity contribution in [3.05, 3.63) is 29.0 Å². The molecule has 2 N–H and O–H groups in total. The number of aryl methyl sites for hydroxylation is 1. The molecule has 2 aromatic heterocycles. The normalized spacial score (nSPS) is 12.4. The van der Waals surface area contributed by atoms with Crippen LogP contribution in [-0.4, -0.2) is 28.6 Å². The molecule has 0 fully saturated rings. The number of aromatic nitrogens is 1. The van der Waals surface area contributed by atoms with Crippen LogP contribution in [-0.2, 0) is 0 Å². The zero-order valence-corrected chi connectivity index (χ0v) is 11.0. The van der Waals surface area contributed by atoms with Crippen LogP contribution in [0.3, 0.4) is 0 Å². The first kappa shape index (κ1) is 12.8. The Morgan fingerprint density at radius 3 is 3.06 bits per heavy atom. The second-order valence-corrected chi connectivity index (χ2v) is 5.16. The van der Waals surface area contributed by atoms with Crippen molar-refractivity contribution < 1.29 is 14.3 Å². The van der Waals surface area contributed by atoms with E-state index in [9.17, 15) is 4.79 Å². The summed E-state index contributed by atoms with van der Waals surface area (Å²) in [6.07, 6.45) is 1.57. The lowest BCUT2D eigenvalue weighted by Gasteiger charge is -2.09.